The summed E-state index contributed by atoms with van der Waals surface area (Å²) in [5.41, 5.74) is 2.10. The van der Waals surface area contributed by atoms with Crippen LogP contribution in [0.25, 0.3) is 11.3 Å². The lowest BCUT2D eigenvalue weighted by Crippen LogP contribution is -2.37. The molecule has 5 heteroatoms. The fourth-order valence-corrected chi connectivity index (χ4v) is 2.78. The first-order valence-electron chi connectivity index (χ1n) is 8.34. The van der Waals surface area contributed by atoms with Crippen LogP contribution in [0, 0.1) is 0 Å². The van der Waals surface area contributed by atoms with Crippen molar-refractivity contribution in [2.75, 3.05) is 49.2 Å². The summed E-state index contributed by atoms with van der Waals surface area (Å²) < 4.78 is 5.46. The van der Waals surface area contributed by atoms with Gasteiger partial charge in [0.15, 0.2) is 0 Å². The summed E-state index contributed by atoms with van der Waals surface area (Å²) >= 11 is 0. The van der Waals surface area contributed by atoms with Crippen molar-refractivity contribution in [2.24, 2.45) is 0 Å². The molecule has 1 aromatic heterocycles. The molecule has 1 aliphatic heterocycles. The fourth-order valence-electron chi connectivity index (χ4n) is 2.78. The number of rotatable bonds is 5. The predicted molar refractivity (Wildman–Crippen MR) is 94.1 cm³/mol. The first-order chi connectivity index (χ1) is 11.3. The minimum absolute atomic E-state index is 0.755. The smallest absolute Gasteiger partial charge is 0.227 e. The lowest BCUT2D eigenvalue weighted by atomic mass is 10.1. The van der Waals surface area contributed by atoms with E-state index in [-0.39, 0.29) is 0 Å². The molecule has 1 aromatic carbocycles. The lowest BCUT2D eigenvalue weighted by Gasteiger charge is -2.29. The maximum Gasteiger partial charge on any atom is 0.227 e. The second kappa shape index (κ2) is 7.42. The molecule has 23 heavy (non-hydrogen) atoms. The predicted octanol–water partition coefficient (Wildman–Crippen LogP) is 2.83. The number of hydrogen-bond donors (Lipinski definition) is 0. The molecule has 0 atom stereocenters. The first-order valence-corrected chi connectivity index (χ1v) is 8.34. The van der Waals surface area contributed by atoms with E-state index in [1.807, 2.05) is 18.2 Å². The minimum atomic E-state index is 0.755. The van der Waals surface area contributed by atoms with Crippen molar-refractivity contribution in [3.63, 3.8) is 0 Å². The topological polar surface area (TPSA) is 41.5 Å². The summed E-state index contributed by atoms with van der Waals surface area (Å²) in [5.74, 6) is 1.79. The van der Waals surface area contributed by atoms with Crippen LogP contribution in [0.2, 0.25) is 0 Å². The van der Waals surface area contributed by atoms with E-state index < -0.39 is 0 Å². The molecule has 0 radical (unpaired) electrons. The summed E-state index contributed by atoms with van der Waals surface area (Å²) in [6.45, 7) is 9.34. The third kappa shape index (κ3) is 3.62. The summed E-state index contributed by atoms with van der Waals surface area (Å²) in [5, 5.41) is 0. The van der Waals surface area contributed by atoms with E-state index in [0.29, 0.717) is 0 Å². The Kier molecular flexibility index (Phi) is 5.08. The first kappa shape index (κ1) is 15.7. The van der Waals surface area contributed by atoms with E-state index in [9.17, 15) is 0 Å². The van der Waals surface area contributed by atoms with Crippen molar-refractivity contribution in [1.29, 1.82) is 0 Å². The Hall–Kier alpha value is -2.14. The molecule has 0 spiro atoms. The molecule has 0 amide bonds. The lowest BCUT2D eigenvalue weighted by molar-refractivity contribution is 0.122. The van der Waals surface area contributed by atoms with Gasteiger partial charge in [-0.05, 0) is 13.8 Å². The van der Waals surface area contributed by atoms with Gasteiger partial charge < -0.3 is 14.5 Å². The Labute approximate surface area is 137 Å². The van der Waals surface area contributed by atoms with Gasteiger partial charge in [0, 0.05) is 37.8 Å². The molecule has 0 N–H and O–H groups in total. The van der Waals surface area contributed by atoms with Gasteiger partial charge in [0.05, 0.1) is 18.9 Å². The second-order valence-electron chi connectivity index (χ2n) is 5.55. The van der Waals surface area contributed by atoms with Gasteiger partial charge in [0.1, 0.15) is 5.82 Å². The number of benzene rings is 1. The molecule has 0 saturated carbocycles. The minimum Gasteiger partial charge on any atom is -0.378 e. The van der Waals surface area contributed by atoms with E-state index in [1.165, 1.54) is 0 Å². The van der Waals surface area contributed by atoms with Crippen molar-refractivity contribution in [3.05, 3.63) is 36.4 Å². The van der Waals surface area contributed by atoms with E-state index >= 15 is 0 Å². The Morgan fingerprint density at radius 2 is 1.74 bits per heavy atom. The van der Waals surface area contributed by atoms with Crippen LogP contribution in [0.3, 0.4) is 0 Å². The molecule has 2 aromatic rings. The van der Waals surface area contributed by atoms with Gasteiger partial charge in [0.25, 0.3) is 0 Å². The van der Waals surface area contributed by atoms with Crippen LogP contribution in [0.15, 0.2) is 36.4 Å². The van der Waals surface area contributed by atoms with E-state index in [0.717, 1.165) is 62.4 Å². The van der Waals surface area contributed by atoms with Crippen LogP contribution >= 0.6 is 0 Å². The van der Waals surface area contributed by atoms with Gasteiger partial charge in [-0.2, -0.15) is 4.98 Å². The molecule has 2 heterocycles. The molecule has 5 nitrogen and oxygen atoms in total. The number of aromatic nitrogens is 2. The van der Waals surface area contributed by atoms with Crippen LogP contribution in [-0.4, -0.2) is 49.4 Å². The average Bonchev–Trinajstić information content (AvgIpc) is 2.64. The molecule has 1 fully saturated rings. The van der Waals surface area contributed by atoms with E-state index in [4.69, 9.17) is 14.7 Å². The highest BCUT2D eigenvalue weighted by Crippen LogP contribution is 2.25. The van der Waals surface area contributed by atoms with Gasteiger partial charge in [-0.1, -0.05) is 30.3 Å². The highest BCUT2D eigenvalue weighted by Gasteiger charge is 2.17. The molecule has 0 unspecified atom stereocenters. The Balaban J connectivity index is 2.02. The summed E-state index contributed by atoms with van der Waals surface area (Å²) in [4.78, 5) is 14.1. The molecule has 1 aliphatic rings. The van der Waals surface area contributed by atoms with Gasteiger partial charge >= 0.3 is 0 Å². The number of hydrogen-bond acceptors (Lipinski definition) is 5. The quantitative estimate of drug-likeness (QED) is 0.849. The maximum atomic E-state index is 5.46. The SMILES string of the molecule is CCN(CC)c1nc(-c2ccccc2)cc(N2CCOCC2)n1. The molecular weight excluding hydrogens is 288 g/mol. The van der Waals surface area contributed by atoms with Crippen molar-refractivity contribution < 1.29 is 4.74 Å². The highest BCUT2D eigenvalue weighted by molar-refractivity contribution is 5.65. The number of ether oxygens (including phenoxy) is 1. The van der Waals surface area contributed by atoms with Gasteiger partial charge in [0.2, 0.25) is 5.95 Å². The third-order valence-electron chi connectivity index (χ3n) is 4.15. The Morgan fingerprint density at radius 1 is 1.04 bits per heavy atom. The summed E-state index contributed by atoms with van der Waals surface area (Å²) in [6.07, 6.45) is 0. The number of morpholine rings is 1. The van der Waals surface area contributed by atoms with Gasteiger partial charge in [-0.3, -0.25) is 0 Å². The van der Waals surface area contributed by atoms with Crippen molar-refractivity contribution in [2.45, 2.75) is 13.8 Å². The van der Waals surface area contributed by atoms with Crippen LogP contribution in [0.5, 0.6) is 0 Å². The van der Waals surface area contributed by atoms with Crippen LogP contribution < -0.4 is 9.80 Å². The Bertz CT molecular complexity index is 622. The Morgan fingerprint density at radius 3 is 2.39 bits per heavy atom. The zero-order chi connectivity index (χ0) is 16.1. The zero-order valence-electron chi connectivity index (χ0n) is 13.9. The monoisotopic (exact) mass is 312 g/mol. The summed E-state index contributed by atoms with van der Waals surface area (Å²) in [6, 6.07) is 12.4. The molecule has 122 valence electrons. The largest absolute Gasteiger partial charge is 0.378 e. The molecular formula is C18H24N4O. The zero-order valence-corrected chi connectivity index (χ0v) is 13.9. The molecule has 0 aliphatic carbocycles. The maximum absolute atomic E-state index is 5.46. The normalized spacial score (nSPS) is 14.8. The number of anilines is 2. The number of nitrogens with zero attached hydrogens (tertiary/aromatic N) is 4. The highest BCUT2D eigenvalue weighted by atomic mass is 16.5. The van der Waals surface area contributed by atoms with Crippen LogP contribution in [0.4, 0.5) is 11.8 Å². The van der Waals surface area contributed by atoms with Crippen molar-refractivity contribution in [1.82, 2.24) is 9.97 Å². The van der Waals surface area contributed by atoms with Gasteiger partial charge in [-0.15, -0.1) is 0 Å². The van der Waals surface area contributed by atoms with E-state index in [1.54, 1.807) is 0 Å². The average molecular weight is 312 g/mol. The summed E-state index contributed by atoms with van der Waals surface area (Å²) in [7, 11) is 0. The molecule has 3 rings (SSSR count). The second-order valence-corrected chi connectivity index (χ2v) is 5.55. The standard InChI is InChI=1S/C18H24N4O/c1-3-21(4-2)18-19-16(15-8-6-5-7-9-15)14-17(20-18)22-10-12-23-13-11-22/h5-9,14H,3-4,10-13H2,1-2H3. The molecule has 0 bridgehead atoms. The third-order valence-corrected chi connectivity index (χ3v) is 4.15. The van der Waals surface area contributed by atoms with Crippen molar-refractivity contribution >= 4 is 11.8 Å². The molecule has 1 saturated heterocycles. The fraction of sp³-hybridized carbons (Fsp3) is 0.444. The van der Waals surface area contributed by atoms with Crippen LogP contribution in [-0.2, 0) is 4.74 Å². The van der Waals surface area contributed by atoms with E-state index in [2.05, 4.69) is 41.8 Å². The van der Waals surface area contributed by atoms with Crippen molar-refractivity contribution in [3.8, 4) is 11.3 Å². The van der Waals surface area contributed by atoms with Crippen LogP contribution in [0.1, 0.15) is 13.8 Å². The van der Waals surface area contributed by atoms with Gasteiger partial charge in [-0.25, -0.2) is 4.98 Å².